The lowest BCUT2D eigenvalue weighted by Gasteiger charge is -2.25. The van der Waals surface area contributed by atoms with E-state index in [0.29, 0.717) is 18.4 Å². The molecule has 0 saturated heterocycles. The van der Waals surface area contributed by atoms with E-state index < -0.39 is 21.2 Å². The number of methoxy groups -OCH3 is 1. The predicted molar refractivity (Wildman–Crippen MR) is 71.6 cm³/mol. The van der Waals surface area contributed by atoms with Crippen molar-refractivity contribution in [2.45, 2.75) is 39.9 Å². The molecule has 1 atom stereocenters. The lowest BCUT2D eigenvalue weighted by atomic mass is 9.86. The number of hydrogen-bond acceptors (Lipinski definition) is 4. The molecule has 0 heterocycles. The molecule has 0 spiro atoms. The molecule has 0 amide bonds. The highest BCUT2D eigenvalue weighted by Gasteiger charge is 2.30. The van der Waals surface area contributed by atoms with Crippen molar-refractivity contribution in [3.63, 3.8) is 0 Å². The Morgan fingerprint density at radius 2 is 1.56 bits per heavy atom. The lowest BCUT2D eigenvalue weighted by molar-refractivity contribution is -0.139. The van der Waals surface area contributed by atoms with E-state index >= 15 is 0 Å². The van der Waals surface area contributed by atoms with Crippen LogP contribution in [0.25, 0.3) is 0 Å². The van der Waals surface area contributed by atoms with Gasteiger partial charge in [0, 0.05) is 6.54 Å². The second kappa shape index (κ2) is 7.09. The van der Waals surface area contributed by atoms with Gasteiger partial charge in [-0.3, -0.25) is 4.79 Å². The normalized spacial score (nSPS) is 14.3. The van der Waals surface area contributed by atoms with Gasteiger partial charge in [-0.25, -0.2) is 13.1 Å². The molecule has 18 heavy (non-hydrogen) atoms. The van der Waals surface area contributed by atoms with Gasteiger partial charge in [0.15, 0.2) is 5.25 Å². The molecule has 0 rings (SSSR count). The van der Waals surface area contributed by atoms with Crippen LogP contribution in [-0.2, 0) is 19.6 Å². The number of nitrogens with one attached hydrogen (secondary N) is 1. The quantitative estimate of drug-likeness (QED) is 0.715. The summed E-state index contributed by atoms with van der Waals surface area (Å²) >= 11 is 0. The van der Waals surface area contributed by atoms with Gasteiger partial charge in [-0.1, -0.05) is 27.7 Å². The largest absolute Gasteiger partial charge is 0.468 e. The van der Waals surface area contributed by atoms with Crippen molar-refractivity contribution in [3.05, 3.63) is 0 Å². The minimum atomic E-state index is -3.66. The van der Waals surface area contributed by atoms with Crippen LogP contribution in [-0.4, -0.2) is 33.3 Å². The summed E-state index contributed by atoms with van der Waals surface area (Å²) in [4.78, 5) is 11.2. The Morgan fingerprint density at radius 3 is 1.89 bits per heavy atom. The fraction of sp³-hybridized carbons (Fsp3) is 0.917. The summed E-state index contributed by atoms with van der Waals surface area (Å²) in [6.07, 6.45) is 0. The van der Waals surface area contributed by atoms with Gasteiger partial charge < -0.3 is 4.74 Å². The van der Waals surface area contributed by atoms with E-state index in [9.17, 15) is 13.2 Å². The summed E-state index contributed by atoms with van der Waals surface area (Å²) in [7, 11) is -2.48. The van der Waals surface area contributed by atoms with E-state index in [4.69, 9.17) is 0 Å². The van der Waals surface area contributed by atoms with Gasteiger partial charge in [-0.05, 0) is 24.7 Å². The Bertz CT molecular complexity index is 354. The van der Waals surface area contributed by atoms with Crippen molar-refractivity contribution < 1.29 is 17.9 Å². The number of hydrogen-bond donors (Lipinski definition) is 1. The smallest absolute Gasteiger partial charge is 0.325 e. The van der Waals surface area contributed by atoms with E-state index in [1.54, 1.807) is 0 Å². The summed E-state index contributed by atoms with van der Waals surface area (Å²) in [5.41, 5.74) is 0. The zero-order chi connectivity index (χ0) is 14.5. The fourth-order valence-corrected chi connectivity index (χ4v) is 2.90. The number of sulfonamides is 1. The van der Waals surface area contributed by atoms with Crippen molar-refractivity contribution in [3.8, 4) is 0 Å². The fourth-order valence-electron chi connectivity index (χ4n) is 1.87. The highest BCUT2D eigenvalue weighted by atomic mass is 32.2. The van der Waals surface area contributed by atoms with E-state index in [-0.39, 0.29) is 5.92 Å². The van der Waals surface area contributed by atoms with Crippen molar-refractivity contribution in [1.29, 1.82) is 0 Å². The molecule has 0 aliphatic heterocycles. The van der Waals surface area contributed by atoms with Crippen molar-refractivity contribution in [2.75, 3.05) is 13.7 Å². The summed E-state index contributed by atoms with van der Waals surface area (Å²) in [6.45, 7) is 9.91. The SMILES string of the molecule is COC(=O)C(C)S(=O)(=O)NCC(C(C)C)C(C)C. The van der Waals surface area contributed by atoms with Gasteiger partial charge in [-0.2, -0.15) is 0 Å². The summed E-state index contributed by atoms with van der Waals surface area (Å²) in [6, 6.07) is 0. The average Bonchev–Trinajstić information content (AvgIpc) is 2.25. The average molecular weight is 279 g/mol. The second-order valence-corrected chi connectivity index (χ2v) is 7.30. The second-order valence-electron chi connectivity index (χ2n) is 5.21. The Labute approximate surface area is 110 Å². The first-order valence-corrected chi connectivity index (χ1v) is 7.74. The van der Waals surface area contributed by atoms with Crippen LogP contribution < -0.4 is 4.72 Å². The Kier molecular flexibility index (Phi) is 6.84. The first-order valence-electron chi connectivity index (χ1n) is 6.19. The van der Waals surface area contributed by atoms with E-state index in [1.165, 1.54) is 14.0 Å². The molecule has 0 saturated carbocycles. The maximum Gasteiger partial charge on any atom is 0.325 e. The zero-order valence-electron chi connectivity index (χ0n) is 12.1. The molecule has 0 aromatic rings. The van der Waals surface area contributed by atoms with Crippen molar-refractivity contribution >= 4 is 16.0 Å². The molecule has 0 fully saturated rings. The number of rotatable bonds is 7. The molecule has 0 aliphatic rings. The van der Waals surface area contributed by atoms with Crippen LogP contribution in [0.4, 0.5) is 0 Å². The third-order valence-corrected chi connectivity index (χ3v) is 4.92. The molecule has 0 aromatic heterocycles. The van der Waals surface area contributed by atoms with E-state index in [0.717, 1.165) is 0 Å². The van der Waals surface area contributed by atoms with Gasteiger partial charge in [0.25, 0.3) is 0 Å². The maximum atomic E-state index is 11.9. The summed E-state index contributed by atoms with van der Waals surface area (Å²) in [5.74, 6) is 0.250. The minimum Gasteiger partial charge on any atom is -0.468 e. The first-order chi connectivity index (χ1) is 8.13. The third kappa shape index (κ3) is 4.94. The van der Waals surface area contributed by atoms with Crippen molar-refractivity contribution in [2.24, 2.45) is 17.8 Å². The number of esters is 1. The standard InChI is InChI=1S/C12H25NO4S/c1-8(2)11(9(3)4)7-13-18(15,16)10(5)12(14)17-6/h8-11,13H,7H2,1-6H3. The molecule has 0 aliphatic carbocycles. The van der Waals surface area contributed by atoms with Gasteiger partial charge in [0.05, 0.1) is 7.11 Å². The van der Waals surface area contributed by atoms with Gasteiger partial charge in [-0.15, -0.1) is 0 Å². The molecule has 6 heteroatoms. The first kappa shape index (κ1) is 17.4. The third-order valence-electron chi connectivity index (χ3n) is 3.23. The summed E-state index contributed by atoms with van der Waals surface area (Å²) < 4.78 is 30.7. The predicted octanol–water partition coefficient (Wildman–Crippen LogP) is 1.40. The molecule has 108 valence electrons. The van der Waals surface area contributed by atoms with Gasteiger partial charge in [0.2, 0.25) is 10.0 Å². The van der Waals surface area contributed by atoms with Gasteiger partial charge in [0.1, 0.15) is 0 Å². The number of carbonyl (C=O) groups excluding carboxylic acids is 1. The topological polar surface area (TPSA) is 72.5 Å². The van der Waals surface area contributed by atoms with Crippen LogP contribution in [0.2, 0.25) is 0 Å². The monoisotopic (exact) mass is 279 g/mol. The maximum absolute atomic E-state index is 11.9. The van der Waals surface area contributed by atoms with Crippen LogP contribution in [0.3, 0.4) is 0 Å². The molecular weight excluding hydrogens is 254 g/mol. The highest BCUT2D eigenvalue weighted by Crippen LogP contribution is 2.20. The molecule has 5 nitrogen and oxygen atoms in total. The molecule has 0 aromatic carbocycles. The Balaban J connectivity index is 4.65. The molecule has 1 N–H and O–H groups in total. The van der Waals surface area contributed by atoms with Crippen LogP contribution in [0, 0.1) is 17.8 Å². The molecular formula is C12H25NO4S. The van der Waals surface area contributed by atoms with E-state index in [2.05, 4.69) is 37.2 Å². The van der Waals surface area contributed by atoms with Crippen molar-refractivity contribution in [1.82, 2.24) is 4.72 Å². The van der Waals surface area contributed by atoms with E-state index in [1.807, 2.05) is 0 Å². The van der Waals surface area contributed by atoms with Crippen LogP contribution in [0.15, 0.2) is 0 Å². The molecule has 1 unspecified atom stereocenters. The summed E-state index contributed by atoms with van der Waals surface area (Å²) in [5, 5.41) is -1.18. The number of ether oxygens (including phenoxy) is 1. The van der Waals surface area contributed by atoms with Gasteiger partial charge >= 0.3 is 5.97 Å². The van der Waals surface area contributed by atoms with Crippen LogP contribution in [0.5, 0.6) is 0 Å². The minimum absolute atomic E-state index is 0.240. The van der Waals surface area contributed by atoms with Crippen LogP contribution >= 0.6 is 0 Å². The highest BCUT2D eigenvalue weighted by molar-refractivity contribution is 7.90. The molecule has 0 bridgehead atoms. The molecule has 0 radical (unpaired) electrons. The Morgan fingerprint density at radius 1 is 1.11 bits per heavy atom. The zero-order valence-corrected chi connectivity index (χ0v) is 12.9. The number of carbonyl (C=O) groups is 1. The lowest BCUT2D eigenvalue weighted by Crippen LogP contribution is -2.41. The Hall–Kier alpha value is -0.620. The van der Waals surface area contributed by atoms with Crippen LogP contribution in [0.1, 0.15) is 34.6 Å².